The van der Waals surface area contributed by atoms with Crippen LogP contribution >= 0.6 is 0 Å². The van der Waals surface area contributed by atoms with E-state index in [-0.39, 0.29) is 13.2 Å². The lowest BCUT2D eigenvalue weighted by Crippen LogP contribution is -2.15. The molecule has 0 amide bonds. The molecule has 0 aliphatic rings. The number of Topliss-reactive ketones (excluding diaryl/α,β-unsaturated/α-hetero) is 1. The van der Waals surface area contributed by atoms with Gasteiger partial charge in [0.2, 0.25) is 0 Å². The fraction of sp³-hybridized carbons (Fsp3) is 0.300. The Morgan fingerprint density at radius 1 is 1.33 bits per heavy atom. The maximum absolute atomic E-state index is 11.1. The van der Waals surface area contributed by atoms with Gasteiger partial charge in [0.15, 0.2) is 5.78 Å². The van der Waals surface area contributed by atoms with E-state index in [0.717, 1.165) is 0 Å². The minimum Gasteiger partial charge on any atom is -0.385 e. The summed E-state index contributed by atoms with van der Waals surface area (Å²) < 4.78 is 0. The molecule has 1 aromatic rings. The van der Waals surface area contributed by atoms with Crippen LogP contribution < -0.4 is 0 Å². The molecule has 0 radical (unpaired) electrons. The zero-order valence-electron chi connectivity index (χ0n) is 6.32. The minimum absolute atomic E-state index is 0. The van der Waals surface area contributed by atoms with Crippen molar-refractivity contribution in [2.24, 2.45) is 0 Å². The van der Waals surface area contributed by atoms with Gasteiger partial charge < -0.3 is 5.11 Å². The van der Waals surface area contributed by atoms with Gasteiger partial charge in [-0.3, -0.25) is 4.79 Å². The van der Waals surface area contributed by atoms with Crippen molar-refractivity contribution in [2.45, 2.75) is 20.5 Å². The minimum atomic E-state index is -0.905. The van der Waals surface area contributed by atoms with Crippen LogP contribution in [0.2, 0.25) is 0 Å². The number of hydrogen-bond donors (Lipinski definition) is 1. The molecule has 1 rings (SSSR count). The molecule has 1 unspecified atom stereocenters. The number of rotatable bonds is 2. The van der Waals surface area contributed by atoms with E-state index in [1.54, 1.807) is 24.3 Å². The summed E-state index contributed by atoms with van der Waals surface area (Å²) in [5, 5.41) is 8.92. The second-order valence-corrected chi connectivity index (χ2v) is 2.41. The molecule has 0 aromatic heterocycles. The molecule has 66 valence electrons. The summed E-state index contributed by atoms with van der Waals surface area (Å²) in [5.41, 5.74) is 0.558. The maximum Gasteiger partial charge on any atom is 0.190 e. The van der Waals surface area contributed by atoms with Crippen LogP contribution in [0.25, 0.3) is 0 Å². The van der Waals surface area contributed by atoms with Gasteiger partial charge in [0.1, 0.15) is 6.10 Å². The topological polar surface area (TPSA) is 37.3 Å². The molecule has 0 aliphatic heterocycles. The zero-order chi connectivity index (χ0) is 8.27. The molecule has 1 aromatic carbocycles. The normalized spacial score (nSPS) is 11.5. The largest absolute Gasteiger partial charge is 0.385 e. The van der Waals surface area contributed by atoms with Gasteiger partial charge in [0.05, 0.1) is 0 Å². The highest BCUT2D eigenvalue weighted by Crippen LogP contribution is 2.02. The van der Waals surface area contributed by atoms with Crippen LogP contribution in [0.3, 0.4) is 0 Å². The molecule has 2 heteroatoms. The van der Waals surface area contributed by atoms with E-state index in [1.807, 2.05) is 6.07 Å². The fourth-order valence-corrected chi connectivity index (χ4v) is 0.844. The Morgan fingerprint density at radius 3 is 2.25 bits per heavy atom. The average Bonchev–Trinajstić information content (AvgIpc) is 2.05. The summed E-state index contributed by atoms with van der Waals surface area (Å²) in [5.74, 6) is -0.231. The summed E-state index contributed by atoms with van der Waals surface area (Å²) in [6.45, 7) is 1.47. The SMILES string of the molecule is C.CC(O)C(=O)c1ccccc1. The number of aliphatic hydroxyl groups is 1. The molecule has 0 bridgehead atoms. The van der Waals surface area contributed by atoms with Crippen molar-refractivity contribution in [1.82, 2.24) is 0 Å². The number of benzene rings is 1. The molecule has 0 spiro atoms. The van der Waals surface area contributed by atoms with Crippen LogP contribution in [0, 0.1) is 0 Å². The molecular formula is C10H14O2. The third-order valence-electron chi connectivity index (χ3n) is 1.44. The average molecular weight is 166 g/mol. The first-order chi connectivity index (χ1) is 5.22. The molecule has 2 nitrogen and oxygen atoms in total. The highest BCUT2D eigenvalue weighted by molar-refractivity contribution is 5.98. The lowest BCUT2D eigenvalue weighted by atomic mass is 10.1. The first-order valence-corrected chi connectivity index (χ1v) is 3.49. The number of hydrogen-bond acceptors (Lipinski definition) is 2. The van der Waals surface area contributed by atoms with E-state index in [0.29, 0.717) is 5.56 Å². The second-order valence-electron chi connectivity index (χ2n) is 2.41. The summed E-state index contributed by atoms with van der Waals surface area (Å²) in [4.78, 5) is 11.1. The Labute approximate surface area is 72.9 Å². The van der Waals surface area contributed by atoms with Crippen molar-refractivity contribution in [2.75, 3.05) is 0 Å². The van der Waals surface area contributed by atoms with Gasteiger partial charge in [0, 0.05) is 5.56 Å². The Balaban J connectivity index is 0.00000121. The van der Waals surface area contributed by atoms with E-state index in [4.69, 9.17) is 5.11 Å². The molecule has 0 fully saturated rings. The third kappa shape index (κ3) is 2.47. The van der Waals surface area contributed by atoms with E-state index in [2.05, 4.69) is 0 Å². The van der Waals surface area contributed by atoms with E-state index in [1.165, 1.54) is 6.92 Å². The molecule has 0 saturated carbocycles. The van der Waals surface area contributed by atoms with Crippen molar-refractivity contribution < 1.29 is 9.90 Å². The van der Waals surface area contributed by atoms with E-state index >= 15 is 0 Å². The highest BCUT2D eigenvalue weighted by Gasteiger charge is 2.09. The van der Waals surface area contributed by atoms with Crippen molar-refractivity contribution in [3.05, 3.63) is 35.9 Å². The molecule has 0 heterocycles. The Bertz CT molecular complexity index is 239. The van der Waals surface area contributed by atoms with Gasteiger partial charge in [-0.15, -0.1) is 0 Å². The molecular weight excluding hydrogens is 152 g/mol. The Kier molecular flexibility index (Phi) is 4.22. The monoisotopic (exact) mass is 166 g/mol. The van der Waals surface area contributed by atoms with Crippen LogP contribution in [0.4, 0.5) is 0 Å². The molecule has 12 heavy (non-hydrogen) atoms. The van der Waals surface area contributed by atoms with Gasteiger partial charge in [-0.05, 0) is 6.92 Å². The lowest BCUT2D eigenvalue weighted by molar-refractivity contribution is 0.0779. The number of aliphatic hydroxyl groups excluding tert-OH is 1. The Morgan fingerprint density at radius 2 is 1.83 bits per heavy atom. The fourth-order valence-electron chi connectivity index (χ4n) is 0.844. The van der Waals surface area contributed by atoms with Crippen LogP contribution in [0.1, 0.15) is 24.7 Å². The van der Waals surface area contributed by atoms with Crippen LogP contribution in [0.15, 0.2) is 30.3 Å². The predicted octanol–water partition coefficient (Wildman–Crippen LogP) is 1.89. The molecule has 1 atom stereocenters. The summed E-state index contributed by atoms with van der Waals surface area (Å²) in [6.07, 6.45) is -0.905. The smallest absolute Gasteiger partial charge is 0.190 e. The van der Waals surface area contributed by atoms with Crippen molar-refractivity contribution >= 4 is 5.78 Å². The van der Waals surface area contributed by atoms with Crippen molar-refractivity contribution in [3.63, 3.8) is 0 Å². The van der Waals surface area contributed by atoms with Gasteiger partial charge in [0.25, 0.3) is 0 Å². The number of carbonyl (C=O) groups excluding carboxylic acids is 1. The summed E-state index contributed by atoms with van der Waals surface area (Å²) in [7, 11) is 0. The van der Waals surface area contributed by atoms with Crippen LogP contribution in [-0.4, -0.2) is 17.0 Å². The van der Waals surface area contributed by atoms with Crippen molar-refractivity contribution in [1.29, 1.82) is 0 Å². The lowest BCUT2D eigenvalue weighted by Gasteiger charge is -2.01. The molecule has 0 saturated heterocycles. The quantitative estimate of drug-likeness (QED) is 0.681. The Hall–Kier alpha value is -1.15. The van der Waals surface area contributed by atoms with E-state index in [9.17, 15) is 4.79 Å². The van der Waals surface area contributed by atoms with Crippen molar-refractivity contribution in [3.8, 4) is 0 Å². The van der Waals surface area contributed by atoms with Crippen LogP contribution in [0.5, 0.6) is 0 Å². The first kappa shape index (κ1) is 10.8. The highest BCUT2D eigenvalue weighted by atomic mass is 16.3. The standard InChI is InChI=1S/C9H10O2.CH4/c1-7(10)9(11)8-5-3-2-4-6-8;/h2-7,10H,1H3;1H4. The third-order valence-corrected chi connectivity index (χ3v) is 1.44. The van der Waals surface area contributed by atoms with Crippen LogP contribution in [-0.2, 0) is 0 Å². The predicted molar refractivity (Wildman–Crippen MR) is 49.2 cm³/mol. The summed E-state index contributed by atoms with van der Waals surface area (Å²) in [6, 6.07) is 8.76. The maximum atomic E-state index is 11.1. The summed E-state index contributed by atoms with van der Waals surface area (Å²) >= 11 is 0. The first-order valence-electron chi connectivity index (χ1n) is 3.49. The second kappa shape index (κ2) is 4.67. The van der Waals surface area contributed by atoms with E-state index < -0.39 is 6.10 Å². The van der Waals surface area contributed by atoms with Gasteiger partial charge >= 0.3 is 0 Å². The number of carbonyl (C=O) groups is 1. The van der Waals surface area contributed by atoms with Gasteiger partial charge in [-0.25, -0.2) is 0 Å². The molecule has 1 N–H and O–H groups in total. The zero-order valence-corrected chi connectivity index (χ0v) is 6.32. The van der Waals surface area contributed by atoms with Gasteiger partial charge in [-0.1, -0.05) is 37.8 Å². The molecule has 0 aliphatic carbocycles. The van der Waals surface area contributed by atoms with Gasteiger partial charge in [-0.2, -0.15) is 0 Å². The number of ketones is 1.